The van der Waals surface area contributed by atoms with E-state index in [1.54, 1.807) is 11.6 Å². The van der Waals surface area contributed by atoms with Crippen LogP contribution in [0.15, 0.2) is 33.9 Å². The number of aryl methyl sites for hydroxylation is 2. The van der Waals surface area contributed by atoms with Crippen molar-refractivity contribution in [3.8, 4) is 5.75 Å². The number of fused-ring (bicyclic) bond motifs is 1. The van der Waals surface area contributed by atoms with Crippen molar-refractivity contribution in [1.29, 1.82) is 0 Å². The van der Waals surface area contributed by atoms with E-state index < -0.39 is 17.4 Å². The molecule has 3 N–H and O–H groups in total. The van der Waals surface area contributed by atoms with E-state index in [1.165, 1.54) is 17.2 Å². The molecule has 3 rings (SSSR count). The molecule has 0 bridgehead atoms. The third-order valence-corrected chi connectivity index (χ3v) is 4.40. The highest BCUT2D eigenvalue weighted by molar-refractivity contribution is 5.74. The number of anilines is 1. The van der Waals surface area contributed by atoms with Crippen LogP contribution in [-0.2, 0) is 20.0 Å². The number of hydrogen-bond acceptors (Lipinski definition) is 6. The number of hydrogen-bond donors (Lipinski definition) is 3. The topological polar surface area (TPSA) is 114 Å². The second kappa shape index (κ2) is 7.67. The van der Waals surface area contributed by atoms with Gasteiger partial charge >= 0.3 is 5.69 Å². The SMILES string of the molecule is CCc1ccc(OC[C@@H](O)Cn2c(NC)nc3c2c(=O)[nH]c(=O)n3C)cc1. The maximum Gasteiger partial charge on any atom is 0.329 e. The van der Waals surface area contributed by atoms with Crippen molar-refractivity contribution < 1.29 is 9.84 Å². The zero-order valence-corrected chi connectivity index (χ0v) is 15.5. The Morgan fingerprint density at radius 3 is 2.63 bits per heavy atom. The molecule has 2 heterocycles. The second-order valence-electron chi connectivity index (χ2n) is 6.25. The molecule has 0 saturated carbocycles. The van der Waals surface area contributed by atoms with Crippen LogP contribution in [0.2, 0.25) is 0 Å². The molecule has 144 valence electrons. The molecule has 3 aromatic rings. The van der Waals surface area contributed by atoms with Gasteiger partial charge in [0.2, 0.25) is 5.95 Å². The van der Waals surface area contributed by atoms with Gasteiger partial charge in [-0.05, 0) is 24.1 Å². The summed E-state index contributed by atoms with van der Waals surface area (Å²) in [7, 11) is 3.18. The minimum absolute atomic E-state index is 0.0535. The van der Waals surface area contributed by atoms with Gasteiger partial charge in [0.15, 0.2) is 11.2 Å². The molecule has 0 aliphatic heterocycles. The van der Waals surface area contributed by atoms with Gasteiger partial charge in [-0.3, -0.25) is 14.3 Å². The number of ether oxygens (including phenoxy) is 1. The molecule has 0 radical (unpaired) electrons. The molecule has 0 spiro atoms. The number of nitrogens with one attached hydrogen (secondary N) is 2. The van der Waals surface area contributed by atoms with Crippen LogP contribution in [0.1, 0.15) is 12.5 Å². The Morgan fingerprint density at radius 2 is 2.00 bits per heavy atom. The van der Waals surface area contributed by atoms with E-state index in [0.29, 0.717) is 11.7 Å². The van der Waals surface area contributed by atoms with E-state index in [1.807, 2.05) is 24.3 Å². The van der Waals surface area contributed by atoms with Crippen LogP contribution in [0.25, 0.3) is 11.2 Å². The van der Waals surface area contributed by atoms with Gasteiger partial charge < -0.3 is 19.7 Å². The first-order chi connectivity index (χ1) is 12.9. The first-order valence-electron chi connectivity index (χ1n) is 8.71. The molecule has 0 aliphatic rings. The van der Waals surface area contributed by atoms with Gasteiger partial charge in [0.25, 0.3) is 5.56 Å². The normalized spacial score (nSPS) is 12.3. The Hall–Kier alpha value is -3.07. The summed E-state index contributed by atoms with van der Waals surface area (Å²) >= 11 is 0. The summed E-state index contributed by atoms with van der Waals surface area (Å²) in [5.74, 6) is 1.04. The predicted octanol–water partition coefficient (Wildman–Crippen LogP) is 0.467. The lowest BCUT2D eigenvalue weighted by Gasteiger charge is -2.15. The molecular weight excluding hydrogens is 350 g/mol. The molecule has 9 nitrogen and oxygen atoms in total. The van der Waals surface area contributed by atoms with Crippen molar-refractivity contribution in [1.82, 2.24) is 19.1 Å². The smallest absolute Gasteiger partial charge is 0.329 e. The van der Waals surface area contributed by atoms with E-state index in [-0.39, 0.29) is 24.3 Å². The predicted molar refractivity (Wildman–Crippen MR) is 102 cm³/mol. The summed E-state index contributed by atoms with van der Waals surface area (Å²) in [4.78, 5) is 30.5. The maximum absolute atomic E-state index is 12.3. The fourth-order valence-electron chi connectivity index (χ4n) is 2.88. The highest BCUT2D eigenvalue weighted by Crippen LogP contribution is 2.17. The van der Waals surface area contributed by atoms with Crippen molar-refractivity contribution in [3.05, 3.63) is 50.7 Å². The summed E-state index contributed by atoms with van der Waals surface area (Å²) in [5, 5.41) is 13.3. The van der Waals surface area contributed by atoms with Crippen LogP contribution in [0, 0.1) is 0 Å². The van der Waals surface area contributed by atoms with Crippen LogP contribution in [0.4, 0.5) is 5.95 Å². The van der Waals surface area contributed by atoms with Gasteiger partial charge in [-0.1, -0.05) is 19.1 Å². The molecule has 9 heteroatoms. The first kappa shape index (κ1) is 18.7. The number of nitrogens with zero attached hydrogens (tertiary/aromatic N) is 3. The number of aliphatic hydroxyl groups excluding tert-OH is 1. The first-order valence-corrected chi connectivity index (χ1v) is 8.71. The van der Waals surface area contributed by atoms with Crippen LogP contribution in [0.5, 0.6) is 5.75 Å². The van der Waals surface area contributed by atoms with Crippen molar-refractivity contribution in [2.75, 3.05) is 19.0 Å². The Kier molecular flexibility index (Phi) is 5.31. The lowest BCUT2D eigenvalue weighted by atomic mass is 10.2. The lowest BCUT2D eigenvalue weighted by Crippen LogP contribution is -2.30. The molecule has 1 aromatic carbocycles. The summed E-state index contributed by atoms with van der Waals surface area (Å²) in [6.07, 6.45) is 0.0671. The number of imidazole rings is 1. The lowest BCUT2D eigenvalue weighted by molar-refractivity contribution is 0.0938. The molecule has 0 aliphatic carbocycles. The van der Waals surface area contributed by atoms with E-state index in [4.69, 9.17) is 4.74 Å². The average Bonchev–Trinajstić information content (AvgIpc) is 3.04. The van der Waals surface area contributed by atoms with E-state index in [9.17, 15) is 14.7 Å². The van der Waals surface area contributed by atoms with E-state index >= 15 is 0 Å². The van der Waals surface area contributed by atoms with Crippen molar-refractivity contribution in [2.24, 2.45) is 7.05 Å². The fraction of sp³-hybridized carbons (Fsp3) is 0.389. The Morgan fingerprint density at radius 1 is 1.30 bits per heavy atom. The summed E-state index contributed by atoms with van der Waals surface area (Å²) in [6, 6.07) is 7.67. The highest BCUT2D eigenvalue weighted by Gasteiger charge is 2.19. The summed E-state index contributed by atoms with van der Waals surface area (Å²) in [5.41, 5.74) is 0.574. The van der Waals surface area contributed by atoms with Crippen molar-refractivity contribution in [2.45, 2.75) is 26.0 Å². The number of aromatic amines is 1. The summed E-state index contributed by atoms with van der Waals surface area (Å²) in [6.45, 7) is 2.21. The van der Waals surface area contributed by atoms with E-state index in [2.05, 4.69) is 22.2 Å². The minimum Gasteiger partial charge on any atom is -0.491 e. The number of H-pyrrole nitrogens is 1. The maximum atomic E-state index is 12.3. The van der Waals surface area contributed by atoms with Crippen molar-refractivity contribution >= 4 is 17.1 Å². The van der Waals surface area contributed by atoms with Gasteiger partial charge in [-0.2, -0.15) is 4.98 Å². The number of aliphatic hydroxyl groups is 1. The quantitative estimate of drug-likeness (QED) is 0.555. The second-order valence-corrected chi connectivity index (χ2v) is 6.25. The third-order valence-electron chi connectivity index (χ3n) is 4.40. The Balaban J connectivity index is 1.81. The van der Waals surface area contributed by atoms with Crippen LogP contribution in [-0.4, -0.2) is 44.0 Å². The Bertz CT molecular complexity index is 1050. The fourth-order valence-corrected chi connectivity index (χ4v) is 2.88. The Labute approximate surface area is 155 Å². The van der Waals surface area contributed by atoms with Crippen LogP contribution < -0.4 is 21.3 Å². The molecule has 0 fully saturated rings. The third kappa shape index (κ3) is 3.72. The zero-order valence-electron chi connectivity index (χ0n) is 15.5. The molecular formula is C18H23N5O4. The largest absolute Gasteiger partial charge is 0.491 e. The molecule has 0 amide bonds. The molecule has 0 saturated heterocycles. The van der Waals surface area contributed by atoms with Gasteiger partial charge in [0.05, 0.1) is 6.54 Å². The average molecular weight is 373 g/mol. The molecule has 2 aromatic heterocycles. The standard InChI is InChI=1S/C18H23N5O4/c1-4-11-5-7-13(8-6-11)27-10-12(24)9-23-14-15(20-17(23)19-2)22(3)18(26)21-16(14)25/h5-8,12,24H,4,9-10H2,1-3H3,(H,19,20)(H,21,25,26)/t12-/m0/s1. The van der Waals surface area contributed by atoms with Crippen LogP contribution in [0.3, 0.4) is 0 Å². The minimum atomic E-state index is -0.878. The van der Waals surface area contributed by atoms with Gasteiger partial charge in [0, 0.05) is 14.1 Å². The number of aromatic nitrogens is 4. The molecule has 0 unspecified atom stereocenters. The van der Waals surface area contributed by atoms with Gasteiger partial charge in [-0.25, -0.2) is 4.79 Å². The zero-order chi connectivity index (χ0) is 19.6. The number of benzene rings is 1. The van der Waals surface area contributed by atoms with E-state index in [0.717, 1.165) is 6.42 Å². The highest BCUT2D eigenvalue weighted by atomic mass is 16.5. The van der Waals surface area contributed by atoms with Gasteiger partial charge in [-0.15, -0.1) is 0 Å². The monoisotopic (exact) mass is 373 g/mol. The van der Waals surface area contributed by atoms with Crippen molar-refractivity contribution in [3.63, 3.8) is 0 Å². The molecule has 1 atom stereocenters. The van der Waals surface area contributed by atoms with Crippen LogP contribution >= 0.6 is 0 Å². The number of rotatable bonds is 7. The van der Waals surface area contributed by atoms with Gasteiger partial charge in [0.1, 0.15) is 18.5 Å². The molecule has 27 heavy (non-hydrogen) atoms. The summed E-state index contributed by atoms with van der Waals surface area (Å²) < 4.78 is 8.43.